The van der Waals surface area contributed by atoms with E-state index in [-0.39, 0.29) is 5.91 Å². The van der Waals surface area contributed by atoms with Crippen LogP contribution >= 0.6 is 0 Å². The molecule has 1 saturated heterocycles. The standard InChI is InChI=1S/C17H27N3O/c1-2-10-19-11-13-20(14-12-19)15-17(21)18-9-8-16-6-4-3-5-7-16/h3-7H,2,8-15H2,1H3,(H,18,21). The lowest BCUT2D eigenvalue weighted by Gasteiger charge is -2.34. The highest BCUT2D eigenvalue weighted by Crippen LogP contribution is 2.02. The minimum Gasteiger partial charge on any atom is -0.355 e. The van der Waals surface area contributed by atoms with Gasteiger partial charge < -0.3 is 10.2 Å². The number of amides is 1. The van der Waals surface area contributed by atoms with Crippen LogP contribution in [0.4, 0.5) is 0 Å². The van der Waals surface area contributed by atoms with Crippen LogP contribution in [0, 0.1) is 0 Å². The molecule has 2 rings (SSSR count). The van der Waals surface area contributed by atoms with E-state index in [1.807, 2.05) is 18.2 Å². The largest absolute Gasteiger partial charge is 0.355 e. The zero-order valence-corrected chi connectivity index (χ0v) is 13.1. The number of rotatable bonds is 7. The lowest BCUT2D eigenvalue weighted by Crippen LogP contribution is -2.49. The molecule has 0 aliphatic carbocycles. The summed E-state index contributed by atoms with van der Waals surface area (Å²) in [5.74, 6) is 0.148. The number of carbonyl (C=O) groups is 1. The average molecular weight is 289 g/mol. The molecule has 1 heterocycles. The summed E-state index contributed by atoms with van der Waals surface area (Å²) in [7, 11) is 0. The van der Waals surface area contributed by atoms with Crippen LogP contribution in [0.15, 0.2) is 30.3 Å². The van der Waals surface area contributed by atoms with Gasteiger partial charge in [0.15, 0.2) is 0 Å². The van der Waals surface area contributed by atoms with Gasteiger partial charge >= 0.3 is 0 Å². The van der Waals surface area contributed by atoms with Crippen molar-refractivity contribution in [3.63, 3.8) is 0 Å². The monoisotopic (exact) mass is 289 g/mol. The quantitative estimate of drug-likeness (QED) is 0.823. The van der Waals surface area contributed by atoms with E-state index >= 15 is 0 Å². The highest BCUT2D eigenvalue weighted by atomic mass is 16.2. The van der Waals surface area contributed by atoms with Crippen LogP contribution < -0.4 is 5.32 Å². The molecule has 1 amide bonds. The van der Waals surface area contributed by atoms with E-state index < -0.39 is 0 Å². The first-order valence-electron chi connectivity index (χ1n) is 8.03. The smallest absolute Gasteiger partial charge is 0.234 e. The van der Waals surface area contributed by atoms with Crippen LogP contribution in [0.3, 0.4) is 0 Å². The van der Waals surface area contributed by atoms with Crippen LogP contribution in [0.25, 0.3) is 0 Å². The molecule has 0 bridgehead atoms. The van der Waals surface area contributed by atoms with Gasteiger partial charge in [0.2, 0.25) is 5.91 Å². The highest BCUT2D eigenvalue weighted by molar-refractivity contribution is 5.78. The number of carbonyl (C=O) groups excluding carboxylic acids is 1. The predicted molar refractivity (Wildman–Crippen MR) is 86.3 cm³/mol. The maximum Gasteiger partial charge on any atom is 0.234 e. The predicted octanol–water partition coefficient (Wildman–Crippen LogP) is 1.37. The highest BCUT2D eigenvalue weighted by Gasteiger charge is 2.17. The van der Waals surface area contributed by atoms with Crippen molar-refractivity contribution in [1.82, 2.24) is 15.1 Å². The van der Waals surface area contributed by atoms with E-state index in [9.17, 15) is 4.79 Å². The minimum atomic E-state index is 0.148. The summed E-state index contributed by atoms with van der Waals surface area (Å²) >= 11 is 0. The molecule has 0 unspecified atom stereocenters. The van der Waals surface area contributed by atoms with Crippen LogP contribution in [0.1, 0.15) is 18.9 Å². The molecular formula is C17H27N3O. The van der Waals surface area contributed by atoms with E-state index in [1.54, 1.807) is 0 Å². The Bertz CT molecular complexity index is 413. The van der Waals surface area contributed by atoms with Gasteiger partial charge in [0.25, 0.3) is 0 Å². The third-order valence-electron chi connectivity index (χ3n) is 3.95. The Labute approximate surface area is 128 Å². The number of hydrogen-bond acceptors (Lipinski definition) is 3. The van der Waals surface area contributed by atoms with Gasteiger partial charge in [-0.1, -0.05) is 37.3 Å². The van der Waals surface area contributed by atoms with E-state index in [0.29, 0.717) is 6.54 Å². The Morgan fingerprint density at radius 1 is 1.10 bits per heavy atom. The lowest BCUT2D eigenvalue weighted by atomic mass is 10.1. The average Bonchev–Trinajstić information content (AvgIpc) is 2.51. The molecule has 1 fully saturated rings. The van der Waals surface area contributed by atoms with Crippen molar-refractivity contribution in [2.24, 2.45) is 0 Å². The van der Waals surface area contributed by atoms with Gasteiger partial charge in [0.1, 0.15) is 0 Å². The third kappa shape index (κ3) is 5.86. The van der Waals surface area contributed by atoms with Gasteiger partial charge in [0.05, 0.1) is 6.54 Å². The van der Waals surface area contributed by atoms with Crippen LogP contribution in [-0.2, 0) is 11.2 Å². The minimum absolute atomic E-state index is 0.148. The first-order valence-corrected chi connectivity index (χ1v) is 8.03. The molecule has 1 N–H and O–H groups in total. The fraction of sp³-hybridized carbons (Fsp3) is 0.588. The van der Waals surface area contributed by atoms with Crippen molar-refractivity contribution in [3.05, 3.63) is 35.9 Å². The molecule has 4 heteroatoms. The number of hydrogen-bond donors (Lipinski definition) is 1. The molecule has 116 valence electrons. The number of benzene rings is 1. The van der Waals surface area contributed by atoms with Crippen LogP contribution in [0.2, 0.25) is 0 Å². The summed E-state index contributed by atoms with van der Waals surface area (Å²) in [4.78, 5) is 16.7. The van der Waals surface area contributed by atoms with Crippen molar-refractivity contribution in [3.8, 4) is 0 Å². The Morgan fingerprint density at radius 2 is 1.76 bits per heavy atom. The second kappa shape index (κ2) is 8.80. The third-order valence-corrected chi connectivity index (χ3v) is 3.95. The molecule has 1 aliphatic rings. The molecule has 0 atom stereocenters. The molecule has 0 saturated carbocycles. The first kappa shape index (κ1) is 16.0. The zero-order valence-electron chi connectivity index (χ0n) is 13.1. The molecule has 0 spiro atoms. The Balaban J connectivity index is 1.60. The van der Waals surface area contributed by atoms with Gasteiger partial charge in [0, 0.05) is 32.7 Å². The number of nitrogens with one attached hydrogen (secondary N) is 1. The van der Waals surface area contributed by atoms with Crippen molar-refractivity contribution in [2.45, 2.75) is 19.8 Å². The molecule has 21 heavy (non-hydrogen) atoms. The summed E-state index contributed by atoms with van der Waals surface area (Å²) in [5, 5.41) is 3.02. The summed E-state index contributed by atoms with van der Waals surface area (Å²) in [6.07, 6.45) is 2.11. The maximum atomic E-state index is 11.9. The van der Waals surface area contributed by atoms with Gasteiger partial charge in [-0.15, -0.1) is 0 Å². The fourth-order valence-corrected chi connectivity index (χ4v) is 2.74. The van der Waals surface area contributed by atoms with Crippen LogP contribution in [0.5, 0.6) is 0 Å². The van der Waals surface area contributed by atoms with Gasteiger partial charge in [-0.05, 0) is 24.9 Å². The molecule has 1 aromatic carbocycles. The van der Waals surface area contributed by atoms with Crippen molar-refractivity contribution in [1.29, 1.82) is 0 Å². The number of piperazine rings is 1. The number of nitrogens with zero attached hydrogens (tertiary/aromatic N) is 2. The summed E-state index contributed by atoms with van der Waals surface area (Å²) in [6.45, 7) is 8.84. The summed E-state index contributed by atoms with van der Waals surface area (Å²) in [5.41, 5.74) is 1.27. The second-order valence-corrected chi connectivity index (χ2v) is 5.70. The van der Waals surface area contributed by atoms with Crippen molar-refractivity contribution in [2.75, 3.05) is 45.8 Å². The summed E-state index contributed by atoms with van der Waals surface area (Å²) in [6, 6.07) is 10.3. The Morgan fingerprint density at radius 3 is 2.43 bits per heavy atom. The van der Waals surface area contributed by atoms with Crippen molar-refractivity contribution < 1.29 is 4.79 Å². The first-order chi connectivity index (χ1) is 10.3. The van der Waals surface area contributed by atoms with E-state index in [4.69, 9.17) is 0 Å². The maximum absolute atomic E-state index is 11.9. The SMILES string of the molecule is CCCN1CCN(CC(=O)NCCc2ccccc2)CC1. The van der Waals surface area contributed by atoms with Gasteiger partial charge in [-0.25, -0.2) is 0 Å². The van der Waals surface area contributed by atoms with E-state index in [0.717, 1.165) is 39.1 Å². The fourth-order valence-electron chi connectivity index (χ4n) is 2.74. The van der Waals surface area contributed by atoms with E-state index in [1.165, 1.54) is 18.5 Å². The normalized spacial score (nSPS) is 16.8. The summed E-state index contributed by atoms with van der Waals surface area (Å²) < 4.78 is 0. The van der Waals surface area contributed by atoms with E-state index in [2.05, 4.69) is 34.2 Å². The zero-order chi connectivity index (χ0) is 14.9. The molecule has 1 aliphatic heterocycles. The topological polar surface area (TPSA) is 35.6 Å². The van der Waals surface area contributed by atoms with Crippen molar-refractivity contribution >= 4 is 5.91 Å². The molecular weight excluding hydrogens is 262 g/mol. The lowest BCUT2D eigenvalue weighted by molar-refractivity contribution is -0.122. The molecule has 4 nitrogen and oxygen atoms in total. The van der Waals surface area contributed by atoms with Gasteiger partial charge in [-0.2, -0.15) is 0 Å². The Hall–Kier alpha value is -1.39. The van der Waals surface area contributed by atoms with Crippen LogP contribution in [-0.4, -0.2) is 61.5 Å². The Kier molecular flexibility index (Phi) is 6.70. The molecule has 0 radical (unpaired) electrons. The molecule has 1 aromatic rings. The van der Waals surface area contributed by atoms with Gasteiger partial charge in [-0.3, -0.25) is 9.69 Å². The molecule has 0 aromatic heterocycles. The second-order valence-electron chi connectivity index (χ2n) is 5.70.